The molecule has 5 N–H and O–H groups in total. The van der Waals surface area contributed by atoms with Crippen molar-refractivity contribution in [2.24, 2.45) is 11.5 Å². The highest BCUT2D eigenvalue weighted by Crippen LogP contribution is 2.05. The van der Waals surface area contributed by atoms with Crippen LogP contribution in [0, 0.1) is 0 Å². The monoisotopic (exact) mass is 188 g/mol. The zero-order chi connectivity index (χ0) is 10.3. The Balaban J connectivity index is 3.36. The molecule has 0 radical (unpaired) electrons. The average Bonchev–Trinajstić information content (AvgIpc) is 2.02. The molecule has 0 aliphatic carbocycles. The van der Waals surface area contributed by atoms with Crippen molar-refractivity contribution in [2.75, 3.05) is 0 Å². The van der Waals surface area contributed by atoms with E-state index in [0.29, 0.717) is 0 Å². The Hall–Kier alpha value is -0.610. The SMILES string of the molecule is CCC(N)CCCC(N)CC(=O)O. The second-order valence-corrected chi connectivity index (χ2v) is 3.46. The van der Waals surface area contributed by atoms with Crippen LogP contribution in [0.5, 0.6) is 0 Å². The summed E-state index contributed by atoms with van der Waals surface area (Å²) in [6.07, 6.45) is 3.63. The number of hydrogen-bond donors (Lipinski definition) is 3. The molecule has 0 rings (SSSR count). The Bertz CT molecular complexity index is 151. The van der Waals surface area contributed by atoms with E-state index >= 15 is 0 Å². The van der Waals surface area contributed by atoms with Gasteiger partial charge >= 0.3 is 5.97 Å². The van der Waals surface area contributed by atoms with Gasteiger partial charge in [0.25, 0.3) is 0 Å². The topological polar surface area (TPSA) is 89.3 Å². The predicted molar refractivity (Wildman–Crippen MR) is 52.3 cm³/mol. The third-order valence-electron chi connectivity index (χ3n) is 2.11. The molecule has 0 aromatic rings. The van der Waals surface area contributed by atoms with Gasteiger partial charge in [-0.25, -0.2) is 0 Å². The van der Waals surface area contributed by atoms with E-state index in [1.54, 1.807) is 0 Å². The minimum absolute atomic E-state index is 0.0569. The first-order valence-corrected chi connectivity index (χ1v) is 4.79. The van der Waals surface area contributed by atoms with E-state index in [9.17, 15) is 4.79 Å². The number of carboxylic acids is 1. The van der Waals surface area contributed by atoms with Gasteiger partial charge < -0.3 is 16.6 Å². The lowest BCUT2D eigenvalue weighted by atomic mass is 10.0. The Morgan fingerprint density at radius 1 is 1.31 bits per heavy atom. The third kappa shape index (κ3) is 7.74. The van der Waals surface area contributed by atoms with E-state index < -0.39 is 5.97 Å². The smallest absolute Gasteiger partial charge is 0.304 e. The lowest BCUT2D eigenvalue weighted by molar-refractivity contribution is -0.137. The van der Waals surface area contributed by atoms with Crippen LogP contribution in [0.2, 0.25) is 0 Å². The van der Waals surface area contributed by atoms with Crippen molar-refractivity contribution in [2.45, 2.75) is 51.1 Å². The van der Waals surface area contributed by atoms with Crippen LogP contribution in [0.3, 0.4) is 0 Å². The molecule has 78 valence electrons. The van der Waals surface area contributed by atoms with Crippen LogP contribution in [0.1, 0.15) is 39.0 Å². The summed E-state index contributed by atoms with van der Waals surface area (Å²) in [4.78, 5) is 10.3. The molecule has 0 aliphatic heterocycles. The zero-order valence-electron chi connectivity index (χ0n) is 8.20. The maximum Gasteiger partial charge on any atom is 0.304 e. The number of aliphatic carboxylic acids is 1. The largest absolute Gasteiger partial charge is 0.481 e. The number of rotatable bonds is 7. The van der Waals surface area contributed by atoms with Crippen molar-refractivity contribution >= 4 is 5.97 Å². The van der Waals surface area contributed by atoms with Crippen LogP contribution in [0.25, 0.3) is 0 Å². The van der Waals surface area contributed by atoms with Crippen molar-refractivity contribution < 1.29 is 9.90 Å². The zero-order valence-corrected chi connectivity index (χ0v) is 8.20. The van der Waals surface area contributed by atoms with Crippen LogP contribution in [-0.2, 0) is 4.79 Å². The summed E-state index contributed by atoms with van der Waals surface area (Å²) in [5.74, 6) is -0.827. The van der Waals surface area contributed by atoms with Crippen molar-refractivity contribution in [3.05, 3.63) is 0 Å². The number of carboxylic acid groups (broad SMARTS) is 1. The molecule has 2 unspecified atom stereocenters. The fourth-order valence-corrected chi connectivity index (χ4v) is 1.17. The summed E-state index contributed by atoms with van der Waals surface area (Å²) in [6.45, 7) is 2.04. The first-order chi connectivity index (χ1) is 6.06. The minimum atomic E-state index is -0.827. The summed E-state index contributed by atoms with van der Waals surface area (Å²) >= 11 is 0. The summed E-state index contributed by atoms with van der Waals surface area (Å²) in [5, 5.41) is 8.43. The van der Waals surface area contributed by atoms with Crippen LogP contribution >= 0.6 is 0 Å². The molecule has 0 amide bonds. The van der Waals surface area contributed by atoms with Gasteiger partial charge in [0.05, 0.1) is 6.42 Å². The first kappa shape index (κ1) is 12.4. The van der Waals surface area contributed by atoms with Gasteiger partial charge in [0.2, 0.25) is 0 Å². The Morgan fingerprint density at radius 2 is 1.85 bits per heavy atom. The van der Waals surface area contributed by atoms with Crippen molar-refractivity contribution in [3.63, 3.8) is 0 Å². The van der Waals surface area contributed by atoms with Crippen LogP contribution in [-0.4, -0.2) is 23.2 Å². The predicted octanol–water partition coefficient (Wildman–Crippen LogP) is 0.696. The Labute approximate surface area is 79.3 Å². The second kappa shape index (κ2) is 6.86. The van der Waals surface area contributed by atoms with E-state index in [1.165, 1.54) is 0 Å². The van der Waals surface area contributed by atoms with Crippen LogP contribution in [0.15, 0.2) is 0 Å². The molecule has 2 atom stereocenters. The summed E-state index contributed by atoms with van der Waals surface area (Å²) < 4.78 is 0. The molecule has 4 heteroatoms. The molecule has 0 saturated carbocycles. The fraction of sp³-hybridized carbons (Fsp3) is 0.889. The quantitative estimate of drug-likeness (QED) is 0.548. The highest BCUT2D eigenvalue weighted by Gasteiger charge is 2.08. The summed E-state index contributed by atoms with van der Waals surface area (Å²) in [6, 6.07) is 0.0126. The van der Waals surface area contributed by atoms with Crippen LogP contribution < -0.4 is 11.5 Å². The lowest BCUT2D eigenvalue weighted by Crippen LogP contribution is -2.25. The molecule has 4 nitrogen and oxygen atoms in total. The van der Waals surface area contributed by atoms with Gasteiger partial charge in [-0.3, -0.25) is 4.79 Å². The maximum absolute atomic E-state index is 10.3. The lowest BCUT2D eigenvalue weighted by Gasteiger charge is -2.11. The molecule has 0 aromatic heterocycles. The highest BCUT2D eigenvalue weighted by atomic mass is 16.4. The molecule has 13 heavy (non-hydrogen) atoms. The van der Waals surface area contributed by atoms with E-state index in [1.807, 2.05) is 6.92 Å². The molecule has 0 bridgehead atoms. The minimum Gasteiger partial charge on any atom is -0.481 e. The molecule has 0 spiro atoms. The van der Waals surface area contributed by atoms with Gasteiger partial charge in [-0.15, -0.1) is 0 Å². The van der Waals surface area contributed by atoms with Crippen LogP contribution in [0.4, 0.5) is 0 Å². The van der Waals surface area contributed by atoms with E-state index in [4.69, 9.17) is 16.6 Å². The van der Waals surface area contributed by atoms with E-state index in [2.05, 4.69) is 0 Å². The number of nitrogens with two attached hydrogens (primary N) is 2. The molecular weight excluding hydrogens is 168 g/mol. The van der Waals surface area contributed by atoms with Gasteiger partial charge in [0.15, 0.2) is 0 Å². The van der Waals surface area contributed by atoms with Crippen molar-refractivity contribution in [3.8, 4) is 0 Å². The molecule has 0 fully saturated rings. The normalized spacial score (nSPS) is 15.3. The number of carbonyl (C=O) groups is 1. The standard InChI is InChI=1S/C9H20N2O2/c1-2-7(10)4-3-5-8(11)6-9(12)13/h7-8H,2-6,10-11H2,1H3,(H,12,13). The van der Waals surface area contributed by atoms with Crippen molar-refractivity contribution in [1.29, 1.82) is 0 Å². The van der Waals surface area contributed by atoms with E-state index in [-0.39, 0.29) is 18.5 Å². The van der Waals surface area contributed by atoms with Gasteiger partial charge in [0, 0.05) is 12.1 Å². The fourth-order valence-electron chi connectivity index (χ4n) is 1.17. The molecule has 0 saturated heterocycles. The third-order valence-corrected chi connectivity index (χ3v) is 2.11. The Kier molecular flexibility index (Phi) is 6.54. The molecular formula is C9H20N2O2. The van der Waals surface area contributed by atoms with E-state index in [0.717, 1.165) is 25.7 Å². The maximum atomic E-state index is 10.3. The highest BCUT2D eigenvalue weighted by molar-refractivity contribution is 5.67. The van der Waals surface area contributed by atoms with Crippen molar-refractivity contribution in [1.82, 2.24) is 0 Å². The summed E-state index contributed by atoms with van der Waals surface area (Å²) in [7, 11) is 0. The number of hydrogen-bond acceptors (Lipinski definition) is 3. The second-order valence-electron chi connectivity index (χ2n) is 3.46. The molecule has 0 aliphatic rings. The van der Waals surface area contributed by atoms with Gasteiger partial charge in [0.1, 0.15) is 0 Å². The van der Waals surface area contributed by atoms with Gasteiger partial charge in [-0.1, -0.05) is 13.3 Å². The average molecular weight is 188 g/mol. The summed E-state index contributed by atoms with van der Waals surface area (Å²) in [5.41, 5.74) is 11.3. The van der Waals surface area contributed by atoms with Gasteiger partial charge in [-0.2, -0.15) is 0 Å². The Morgan fingerprint density at radius 3 is 2.31 bits per heavy atom. The molecule has 0 heterocycles. The molecule has 0 aromatic carbocycles. The first-order valence-electron chi connectivity index (χ1n) is 4.79. The van der Waals surface area contributed by atoms with Gasteiger partial charge in [-0.05, 0) is 19.3 Å².